The Morgan fingerprint density at radius 1 is 1.60 bits per heavy atom. The average molecular weight is 221 g/mol. The standard InChI is InChI=1S/C11H15N3S/c1-9(8-15-3)14(2)11-6-4-5-10(7-12)13-11/h4-6,9H,8H2,1-3H3. The third-order valence-corrected chi connectivity index (χ3v) is 3.10. The summed E-state index contributed by atoms with van der Waals surface area (Å²) < 4.78 is 0. The molecule has 1 aromatic heterocycles. The van der Waals surface area contributed by atoms with Crippen molar-refractivity contribution in [2.45, 2.75) is 13.0 Å². The van der Waals surface area contributed by atoms with Crippen molar-refractivity contribution in [3.63, 3.8) is 0 Å². The van der Waals surface area contributed by atoms with Gasteiger partial charge in [0.15, 0.2) is 0 Å². The predicted molar refractivity (Wildman–Crippen MR) is 65.2 cm³/mol. The van der Waals surface area contributed by atoms with E-state index in [-0.39, 0.29) is 0 Å². The number of aromatic nitrogens is 1. The van der Waals surface area contributed by atoms with E-state index in [0.29, 0.717) is 11.7 Å². The normalized spacial score (nSPS) is 11.9. The van der Waals surface area contributed by atoms with E-state index in [4.69, 9.17) is 5.26 Å². The molecule has 1 rings (SSSR count). The van der Waals surface area contributed by atoms with Crippen molar-refractivity contribution < 1.29 is 0 Å². The highest BCUT2D eigenvalue weighted by molar-refractivity contribution is 7.98. The topological polar surface area (TPSA) is 39.9 Å². The molecule has 0 aliphatic rings. The molecule has 3 nitrogen and oxygen atoms in total. The number of hydrogen-bond donors (Lipinski definition) is 0. The van der Waals surface area contributed by atoms with E-state index in [2.05, 4.69) is 29.1 Å². The molecule has 0 radical (unpaired) electrons. The van der Waals surface area contributed by atoms with Crippen molar-refractivity contribution in [2.24, 2.45) is 0 Å². The summed E-state index contributed by atoms with van der Waals surface area (Å²) in [4.78, 5) is 6.34. The molecule has 1 heterocycles. The van der Waals surface area contributed by atoms with Gasteiger partial charge in [0.05, 0.1) is 0 Å². The molecule has 0 aliphatic heterocycles. The van der Waals surface area contributed by atoms with Crippen LogP contribution in [0.3, 0.4) is 0 Å². The molecule has 0 bridgehead atoms. The quantitative estimate of drug-likeness (QED) is 0.781. The molecular formula is C11H15N3S. The van der Waals surface area contributed by atoms with Gasteiger partial charge in [-0.3, -0.25) is 0 Å². The van der Waals surface area contributed by atoms with Crippen LogP contribution in [0.1, 0.15) is 12.6 Å². The van der Waals surface area contributed by atoms with Crippen LogP contribution in [0.15, 0.2) is 18.2 Å². The molecule has 0 aromatic carbocycles. The molecule has 1 atom stereocenters. The van der Waals surface area contributed by atoms with Crippen LogP contribution in [0.2, 0.25) is 0 Å². The lowest BCUT2D eigenvalue weighted by Crippen LogP contribution is -2.31. The Kier molecular flexibility index (Phi) is 4.44. The smallest absolute Gasteiger partial charge is 0.142 e. The summed E-state index contributed by atoms with van der Waals surface area (Å²) in [7, 11) is 2.00. The lowest BCUT2D eigenvalue weighted by Gasteiger charge is -2.25. The van der Waals surface area contributed by atoms with E-state index in [0.717, 1.165) is 11.6 Å². The first-order chi connectivity index (χ1) is 7.19. The fourth-order valence-corrected chi connectivity index (χ4v) is 1.97. The average Bonchev–Trinajstić information content (AvgIpc) is 2.28. The van der Waals surface area contributed by atoms with Crippen molar-refractivity contribution >= 4 is 17.6 Å². The molecule has 4 heteroatoms. The number of nitriles is 1. The molecule has 0 saturated carbocycles. The van der Waals surface area contributed by atoms with Gasteiger partial charge < -0.3 is 4.90 Å². The van der Waals surface area contributed by atoms with Gasteiger partial charge in [-0.05, 0) is 25.3 Å². The molecule has 1 aromatic rings. The Hall–Kier alpha value is -1.21. The molecule has 0 saturated heterocycles. The maximum atomic E-state index is 8.75. The lowest BCUT2D eigenvalue weighted by atomic mass is 10.3. The SMILES string of the molecule is CSCC(C)N(C)c1cccc(C#N)n1. The van der Waals surface area contributed by atoms with E-state index >= 15 is 0 Å². The molecular weight excluding hydrogens is 206 g/mol. The highest BCUT2D eigenvalue weighted by atomic mass is 32.2. The fourth-order valence-electron chi connectivity index (χ4n) is 1.26. The second-order valence-corrected chi connectivity index (χ2v) is 4.32. The van der Waals surface area contributed by atoms with E-state index in [1.54, 1.807) is 6.07 Å². The zero-order chi connectivity index (χ0) is 11.3. The molecule has 1 unspecified atom stereocenters. The van der Waals surface area contributed by atoms with Gasteiger partial charge >= 0.3 is 0 Å². The summed E-state index contributed by atoms with van der Waals surface area (Å²) in [6, 6.07) is 7.98. The van der Waals surface area contributed by atoms with Crippen molar-refractivity contribution in [1.82, 2.24) is 4.98 Å². The van der Waals surface area contributed by atoms with Gasteiger partial charge in [0.1, 0.15) is 17.6 Å². The van der Waals surface area contributed by atoms with E-state index in [9.17, 15) is 0 Å². The van der Waals surface area contributed by atoms with Crippen molar-refractivity contribution in [2.75, 3.05) is 24.0 Å². The number of hydrogen-bond acceptors (Lipinski definition) is 4. The van der Waals surface area contributed by atoms with Crippen LogP contribution in [-0.2, 0) is 0 Å². The molecule has 0 spiro atoms. The minimum atomic E-state index is 0.418. The molecule has 80 valence electrons. The van der Waals surface area contributed by atoms with Gasteiger partial charge in [-0.25, -0.2) is 4.98 Å². The van der Waals surface area contributed by atoms with Crippen molar-refractivity contribution in [3.05, 3.63) is 23.9 Å². The van der Waals surface area contributed by atoms with Crippen LogP contribution < -0.4 is 4.90 Å². The number of anilines is 1. The van der Waals surface area contributed by atoms with Gasteiger partial charge in [-0.2, -0.15) is 17.0 Å². The van der Waals surface area contributed by atoms with Gasteiger partial charge in [-0.15, -0.1) is 0 Å². The maximum Gasteiger partial charge on any atom is 0.142 e. The number of nitrogens with zero attached hydrogens (tertiary/aromatic N) is 3. The second-order valence-electron chi connectivity index (χ2n) is 3.41. The van der Waals surface area contributed by atoms with Gasteiger partial charge in [0, 0.05) is 18.8 Å². The van der Waals surface area contributed by atoms with Gasteiger partial charge in [-0.1, -0.05) is 6.07 Å². The summed E-state index contributed by atoms with van der Waals surface area (Å²) in [6.45, 7) is 2.15. The zero-order valence-corrected chi connectivity index (χ0v) is 10.1. The van der Waals surface area contributed by atoms with Gasteiger partial charge in [0.25, 0.3) is 0 Å². The van der Waals surface area contributed by atoms with Crippen LogP contribution in [0.5, 0.6) is 0 Å². The van der Waals surface area contributed by atoms with Crippen molar-refractivity contribution in [3.8, 4) is 6.07 Å². The van der Waals surface area contributed by atoms with E-state index < -0.39 is 0 Å². The third kappa shape index (κ3) is 3.14. The minimum Gasteiger partial charge on any atom is -0.356 e. The second kappa shape index (κ2) is 5.62. The fraction of sp³-hybridized carbons (Fsp3) is 0.455. The Morgan fingerprint density at radius 3 is 2.93 bits per heavy atom. The summed E-state index contributed by atoms with van der Waals surface area (Å²) in [6.07, 6.45) is 2.09. The van der Waals surface area contributed by atoms with Crippen LogP contribution in [0.4, 0.5) is 5.82 Å². The molecule has 0 N–H and O–H groups in total. The summed E-state index contributed by atoms with van der Waals surface area (Å²) in [5.74, 6) is 1.91. The Bertz CT molecular complexity index is 359. The Morgan fingerprint density at radius 2 is 2.33 bits per heavy atom. The van der Waals surface area contributed by atoms with Crippen LogP contribution in [0, 0.1) is 11.3 Å². The number of pyridine rings is 1. The van der Waals surface area contributed by atoms with Crippen LogP contribution in [-0.4, -0.2) is 30.1 Å². The summed E-state index contributed by atoms with van der Waals surface area (Å²) in [5, 5.41) is 8.75. The largest absolute Gasteiger partial charge is 0.356 e. The maximum absolute atomic E-state index is 8.75. The highest BCUT2D eigenvalue weighted by Crippen LogP contribution is 2.14. The zero-order valence-electron chi connectivity index (χ0n) is 9.27. The predicted octanol–water partition coefficient (Wildman–Crippen LogP) is 2.14. The van der Waals surface area contributed by atoms with Crippen LogP contribution >= 0.6 is 11.8 Å². The monoisotopic (exact) mass is 221 g/mol. The van der Waals surface area contributed by atoms with E-state index in [1.165, 1.54) is 0 Å². The molecule has 0 aliphatic carbocycles. The Balaban J connectivity index is 2.82. The van der Waals surface area contributed by atoms with E-state index in [1.807, 2.05) is 30.9 Å². The first-order valence-corrected chi connectivity index (χ1v) is 6.17. The lowest BCUT2D eigenvalue weighted by molar-refractivity contribution is 0.753. The van der Waals surface area contributed by atoms with Gasteiger partial charge in [0.2, 0.25) is 0 Å². The summed E-state index contributed by atoms with van der Waals surface area (Å²) in [5.41, 5.74) is 0.468. The minimum absolute atomic E-state index is 0.418. The first kappa shape index (κ1) is 11.9. The molecule has 0 amide bonds. The Labute approximate surface area is 95.1 Å². The molecule has 0 fully saturated rings. The third-order valence-electron chi connectivity index (χ3n) is 2.28. The summed E-state index contributed by atoms with van der Waals surface area (Å²) >= 11 is 1.81. The van der Waals surface area contributed by atoms with Crippen molar-refractivity contribution in [1.29, 1.82) is 5.26 Å². The first-order valence-electron chi connectivity index (χ1n) is 4.78. The number of rotatable bonds is 4. The highest BCUT2D eigenvalue weighted by Gasteiger charge is 2.10. The number of thioether (sulfide) groups is 1. The molecule has 15 heavy (non-hydrogen) atoms. The van der Waals surface area contributed by atoms with Crippen LogP contribution in [0.25, 0.3) is 0 Å².